The second-order valence-corrected chi connectivity index (χ2v) is 11.0. The molecule has 0 spiro atoms. The number of benzene rings is 1. The number of nitrogens with one attached hydrogen (secondary N) is 2. The van der Waals surface area contributed by atoms with E-state index in [9.17, 15) is 13.2 Å². The lowest BCUT2D eigenvalue weighted by molar-refractivity contribution is 0.102. The monoisotopic (exact) mass is 499 g/mol. The Labute approximate surface area is 194 Å². The smallest absolute Gasteiger partial charge is 0.267 e. The molecular weight excluding hydrogens is 478 g/mol. The highest BCUT2D eigenvalue weighted by Crippen LogP contribution is 2.34. The van der Waals surface area contributed by atoms with Crippen molar-refractivity contribution in [2.45, 2.75) is 43.9 Å². The van der Waals surface area contributed by atoms with Gasteiger partial charge in [-0.25, -0.2) is 13.1 Å². The van der Waals surface area contributed by atoms with Gasteiger partial charge >= 0.3 is 0 Å². The van der Waals surface area contributed by atoms with E-state index in [1.54, 1.807) is 24.1 Å². The number of aryl methyl sites for hydroxylation is 3. The molecule has 1 amide bonds. The molecule has 0 saturated carbocycles. The van der Waals surface area contributed by atoms with E-state index >= 15 is 0 Å². The first-order chi connectivity index (χ1) is 14.6. The average molecular weight is 500 g/mol. The van der Waals surface area contributed by atoms with E-state index in [0.717, 1.165) is 39.5 Å². The highest BCUT2D eigenvalue weighted by molar-refractivity contribution is 7.99. The van der Waals surface area contributed by atoms with Crippen LogP contribution in [0.4, 0.5) is 11.6 Å². The van der Waals surface area contributed by atoms with E-state index in [-0.39, 0.29) is 20.7 Å². The normalized spacial score (nSPS) is 11.5. The van der Waals surface area contributed by atoms with Crippen molar-refractivity contribution in [2.75, 3.05) is 15.8 Å². The fourth-order valence-electron chi connectivity index (χ4n) is 2.86. The van der Waals surface area contributed by atoms with Crippen LogP contribution in [0.2, 0.25) is 5.02 Å². The lowest BCUT2D eigenvalue weighted by Crippen LogP contribution is -2.19. The minimum Gasteiger partial charge on any atom is -0.336 e. The number of anilines is 2. The van der Waals surface area contributed by atoms with Crippen LogP contribution in [-0.2, 0) is 10.0 Å². The molecule has 0 bridgehead atoms. The number of carbonyl (C=O) groups excluding carboxylic acids is 1. The summed E-state index contributed by atoms with van der Waals surface area (Å²) in [5.41, 5.74) is 3.05. The highest BCUT2D eigenvalue weighted by Gasteiger charge is 2.27. The maximum Gasteiger partial charge on any atom is 0.267 e. The number of amides is 1. The van der Waals surface area contributed by atoms with Crippen molar-refractivity contribution in [3.05, 3.63) is 50.3 Å². The van der Waals surface area contributed by atoms with Gasteiger partial charge in [0.15, 0.2) is 0 Å². The molecule has 166 valence electrons. The minimum atomic E-state index is -4.11. The third-order valence-corrected chi connectivity index (χ3v) is 8.39. The molecule has 0 unspecified atom stereocenters. The Morgan fingerprint density at radius 3 is 2.68 bits per heavy atom. The van der Waals surface area contributed by atoms with Crippen molar-refractivity contribution >= 4 is 62.2 Å². The molecule has 7 nitrogen and oxygen atoms in total. The van der Waals surface area contributed by atoms with E-state index < -0.39 is 15.9 Å². The van der Waals surface area contributed by atoms with Gasteiger partial charge in [0.2, 0.25) is 0 Å². The first-order valence-corrected chi connectivity index (χ1v) is 13.1. The second-order valence-electron chi connectivity index (χ2n) is 6.89. The molecule has 2 aromatic heterocycles. The van der Waals surface area contributed by atoms with Gasteiger partial charge in [-0.3, -0.25) is 4.79 Å². The Morgan fingerprint density at radius 1 is 1.29 bits per heavy atom. The molecule has 3 rings (SSSR count). The van der Waals surface area contributed by atoms with Gasteiger partial charge in [0, 0.05) is 4.90 Å². The van der Waals surface area contributed by atoms with Gasteiger partial charge in [-0.15, -0.1) is 23.1 Å². The van der Waals surface area contributed by atoms with Gasteiger partial charge in [0.1, 0.15) is 20.5 Å². The Balaban J connectivity index is 1.90. The van der Waals surface area contributed by atoms with E-state index in [4.69, 9.17) is 16.1 Å². The number of nitrogens with zero attached hydrogens (tertiary/aromatic N) is 1. The fraction of sp³-hybridized carbons (Fsp3) is 0.300. The van der Waals surface area contributed by atoms with Crippen LogP contribution >= 0.6 is 34.7 Å². The van der Waals surface area contributed by atoms with Crippen LogP contribution < -0.4 is 10.0 Å². The molecule has 0 radical (unpaired) electrons. The molecule has 0 aliphatic heterocycles. The largest absolute Gasteiger partial charge is 0.336 e. The topological polar surface area (TPSA) is 101 Å². The Bertz CT molecular complexity index is 1220. The number of aromatic nitrogens is 1. The molecule has 11 heteroatoms. The Morgan fingerprint density at radius 2 is 2.03 bits per heavy atom. The predicted octanol–water partition coefficient (Wildman–Crippen LogP) is 5.87. The number of halogens is 1. The number of hydrogen-bond donors (Lipinski definition) is 2. The van der Waals surface area contributed by atoms with Gasteiger partial charge in [-0.2, -0.15) is 0 Å². The first-order valence-electron chi connectivity index (χ1n) is 9.41. The molecule has 0 saturated heterocycles. The summed E-state index contributed by atoms with van der Waals surface area (Å²) in [5.74, 6) is 0.218. The van der Waals surface area contributed by atoms with E-state index in [1.807, 2.05) is 26.0 Å². The SMILES string of the molecule is CCCSc1cc(C)cc(C)c1NC(=O)c1sccc1S(=O)(=O)Nc1onc(C)c1Cl. The summed E-state index contributed by atoms with van der Waals surface area (Å²) in [4.78, 5) is 13.9. The predicted molar refractivity (Wildman–Crippen MR) is 126 cm³/mol. The number of rotatable bonds is 8. The molecule has 0 atom stereocenters. The van der Waals surface area contributed by atoms with Crippen molar-refractivity contribution < 1.29 is 17.7 Å². The lowest BCUT2D eigenvalue weighted by atomic mass is 10.1. The number of sulfonamides is 1. The summed E-state index contributed by atoms with van der Waals surface area (Å²) in [5, 5.41) is 8.15. The third kappa shape index (κ3) is 5.25. The van der Waals surface area contributed by atoms with Gasteiger partial charge in [0.25, 0.3) is 21.8 Å². The molecule has 0 aliphatic carbocycles. The molecule has 2 N–H and O–H groups in total. The molecule has 1 aromatic carbocycles. The Hall–Kier alpha value is -2.01. The zero-order valence-corrected chi connectivity index (χ0v) is 20.6. The van der Waals surface area contributed by atoms with E-state index in [0.29, 0.717) is 11.4 Å². The summed E-state index contributed by atoms with van der Waals surface area (Å²) in [6, 6.07) is 5.37. The summed E-state index contributed by atoms with van der Waals surface area (Å²) in [6.07, 6.45) is 0.994. The molecule has 0 fully saturated rings. The number of thiophene rings is 1. The van der Waals surface area contributed by atoms with Crippen LogP contribution in [0.1, 0.15) is 39.8 Å². The minimum absolute atomic E-state index is 0.0614. The van der Waals surface area contributed by atoms with Crippen LogP contribution in [0.5, 0.6) is 0 Å². The summed E-state index contributed by atoms with van der Waals surface area (Å²) < 4.78 is 33.0. The van der Waals surface area contributed by atoms with Crippen LogP contribution in [0.25, 0.3) is 0 Å². The van der Waals surface area contributed by atoms with Crippen molar-refractivity contribution in [3.63, 3.8) is 0 Å². The van der Waals surface area contributed by atoms with Crippen LogP contribution in [0.15, 0.2) is 37.9 Å². The van der Waals surface area contributed by atoms with Crippen LogP contribution in [-0.4, -0.2) is 25.2 Å². The van der Waals surface area contributed by atoms with Gasteiger partial charge in [-0.05, 0) is 61.6 Å². The van der Waals surface area contributed by atoms with Gasteiger partial charge in [0.05, 0.1) is 5.69 Å². The zero-order valence-electron chi connectivity index (χ0n) is 17.4. The summed E-state index contributed by atoms with van der Waals surface area (Å²) in [6.45, 7) is 7.60. The molecule has 0 aliphatic rings. The number of thioether (sulfide) groups is 1. The van der Waals surface area contributed by atoms with Crippen molar-refractivity contribution in [3.8, 4) is 0 Å². The van der Waals surface area contributed by atoms with Gasteiger partial charge in [-0.1, -0.05) is 29.7 Å². The van der Waals surface area contributed by atoms with Gasteiger partial charge < -0.3 is 9.84 Å². The van der Waals surface area contributed by atoms with Crippen LogP contribution in [0.3, 0.4) is 0 Å². The summed E-state index contributed by atoms with van der Waals surface area (Å²) in [7, 11) is -4.11. The van der Waals surface area contributed by atoms with Crippen LogP contribution in [0, 0.1) is 20.8 Å². The average Bonchev–Trinajstić information content (AvgIpc) is 3.32. The molecule has 2 heterocycles. The number of carbonyl (C=O) groups is 1. The molecule has 3 aromatic rings. The molecule has 31 heavy (non-hydrogen) atoms. The zero-order chi connectivity index (χ0) is 22.8. The van der Waals surface area contributed by atoms with Crippen molar-refractivity contribution in [1.82, 2.24) is 5.16 Å². The maximum absolute atomic E-state index is 13.1. The lowest BCUT2D eigenvalue weighted by Gasteiger charge is -2.15. The maximum atomic E-state index is 13.1. The summed E-state index contributed by atoms with van der Waals surface area (Å²) >= 11 is 8.71. The molecular formula is C20H22ClN3O4S3. The fourth-order valence-corrected chi connectivity index (χ4v) is 6.40. The first kappa shape index (κ1) is 23.6. The Kier molecular flexibility index (Phi) is 7.35. The van der Waals surface area contributed by atoms with Crippen molar-refractivity contribution in [1.29, 1.82) is 0 Å². The van der Waals surface area contributed by atoms with Crippen molar-refractivity contribution in [2.24, 2.45) is 0 Å². The highest BCUT2D eigenvalue weighted by atomic mass is 35.5. The standard InChI is InChI=1S/C20H22ClN3O4S3/c1-5-7-29-14-10-11(2)9-12(3)17(14)22-19(25)18-15(6-8-30-18)31(26,27)24-20-16(21)13(4)23-28-20/h6,8-10,24H,5,7H2,1-4H3,(H,22,25). The quantitative estimate of drug-likeness (QED) is 0.376. The third-order valence-electron chi connectivity index (χ3n) is 4.29. The van der Waals surface area contributed by atoms with E-state index in [1.165, 1.54) is 6.07 Å². The number of hydrogen-bond acceptors (Lipinski definition) is 7. The van der Waals surface area contributed by atoms with E-state index in [2.05, 4.69) is 22.1 Å². The second kappa shape index (κ2) is 9.64.